The normalized spacial score (nSPS) is 29.5. The second kappa shape index (κ2) is 4.71. The Bertz CT molecular complexity index is 444. The van der Waals surface area contributed by atoms with Crippen molar-refractivity contribution in [1.29, 1.82) is 0 Å². The summed E-state index contributed by atoms with van der Waals surface area (Å²) in [6.07, 6.45) is 3.75. The summed E-state index contributed by atoms with van der Waals surface area (Å²) in [4.78, 5) is 12.1. The van der Waals surface area contributed by atoms with E-state index < -0.39 is 0 Å². The summed E-state index contributed by atoms with van der Waals surface area (Å²) in [6.45, 7) is 0.502. The average Bonchev–Trinajstić information content (AvgIpc) is 3.01. The summed E-state index contributed by atoms with van der Waals surface area (Å²) in [5.41, 5.74) is 7.26. The molecular weight excluding hydrogens is 228 g/mol. The largest absolute Gasteiger partial charge is 0.373 e. The number of hydrogen-bond acceptors (Lipinski definition) is 3. The quantitative estimate of drug-likeness (QED) is 0.842. The van der Waals surface area contributed by atoms with Gasteiger partial charge >= 0.3 is 0 Å². The number of benzene rings is 1. The summed E-state index contributed by atoms with van der Waals surface area (Å²) in [7, 11) is 0. The van der Waals surface area contributed by atoms with Crippen LogP contribution in [0.3, 0.4) is 0 Å². The van der Waals surface area contributed by atoms with Crippen molar-refractivity contribution in [3.05, 3.63) is 35.4 Å². The minimum Gasteiger partial charge on any atom is -0.373 e. The number of ether oxygens (including phenoxy) is 1. The Morgan fingerprint density at radius 2 is 2.11 bits per heavy atom. The van der Waals surface area contributed by atoms with Crippen LogP contribution in [0.2, 0.25) is 0 Å². The molecule has 0 spiro atoms. The molecule has 2 aliphatic heterocycles. The van der Waals surface area contributed by atoms with Gasteiger partial charge in [-0.3, -0.25) is 4.79 Å². The topological polar surface area (TPSA) is 64.4 Å². The fourth-order valence-electron chi connectivity index (χ4n) is 2.83. The molecule has 3 unspecified atom stereocenters. The molecule has 0 aromatic heterocycles. The number of carbonyl (C=O) groups is 1. The maximum atomic E-state index is 12.1. The maximum absolute atomic E-state index is 12.1. The van der Waals surface area contributed by atoms with Crippen LogP contribution >= 0.6 is 0 Å². The first-order valence-electron chi connectivity index (χ1n) is 6.51. The molecule has 3 N–H and O–H groups in total. The average molecular weight is 246 g/mol. The number of fused-ring (bicyclic) bond motifs is 2. The van der Waals surface area contributed by atoms with Crippen molar-refractivity contribution in [2.75, 3.05) is 0 Å². The highest BCUT2D eigenvalue weighted by atomic mass is 16.5. The van der Waals surface area contributed by atoms with Crippen LogP contribution in [-0.4, -0.2) is 24.2 Å². The van der Waals surface area contributed by atoms with E-state index >= 15 is 0 Å². The number of nitrogens with one attached hydrogen (secondary N) is 1. The Kier molecular flexibility index (Phi) is 3.06. The summed E-state index contributed by atoms with van der Waals surface area (Å²) in [5.74, 6) is -0.0141. The summed E-state index contributed by atoms with van der Waals surface area (Å²) >= 11 is 0. The lowest BCUT2D eigenvalue weighted by atomic mass is 9.95. The SMILES string of the molecule is NCc1ccc(C(=O)NC2CC3CCC2O3)cc1. The zero-order valence-electron chi connectivity index (χ0n) is 10.3. The first kappa shape index (κ1) is 11.7. The number of hydrogen-bond donors (Lipinski definition) is 2. The molecule has 1 amide bonds. The van der Waals surface area contributed by atoms with Gasteiger partial charge in [0.1, 0.15) is 0 Å². The van der Waals surface area contributed by atoms with Crippen LogP contribution in [0.4, 0.5) is 0 Å². The molecule has 0 aliphatic carbocycles. The molecule has 0 radical (unpaired) electrons. The van der Waals surface area contributed by atoms with Crippen molar-refractivity contribution >= 4 is 5.91 Å². The van der Waals surface area contributed by atoms with Crippen molar-refractivity contribution in [1.82, 2.24) is 5.32 Å². The van der Waals surface area contributed by atoms with Crippen molar-refractivity contribution in [3.8, 4) is 0 Å². The number of carbonyl (C=O) groups excluding carboxylic acids is 1. The molecule has 2 bridgehead atoms. The molecule has 1 aromatic carbocycles. The fourth-order valence-corrected chi connectivity index (χ4v) is 2.83. The summed E-state index contributed by atoms with van der Waals surface area (Å²) < 4.78 is 5.73. The third kappa shape index (κ3) is 2.13. The van der Waals surface area contributed by atoms with E-state index in [9.17, 15) is 4.79 Å². The Balaban J connectivity index is 1.64. The van der Waals surface area contributed by atoms with Crippen LogP contribution in [0.1, 0.15) is 35.2 Å². The first-order valence-corrected chi connectivity index (χ1v) is 6.51. The van der Waals surface area contributed by atoms with Gasteiger partial charge in [0.2, 0.25) is 0 Å². The second-order valence-corrected chi connectivity index (χ2v) is 5.09. The van der Waals surface area contributed by atoms with Gasteiger partial charge in [0, 0.05) is 12.1 Å². The minimum atomic E-state index is -0.0141. The lowest BCUT2D eigenvalue weighted by Crippen LogP contribution is -2.41. The zero-order valence-corrected chi connectivity index (χ0v) is 10.3. The van der Waals surface area contributed by atoms with Gasteiger partial charge in [0.15, 0.2) is 0 Å². The number of amides is 1. The number of rotatable bonds is 3. The van der Waals surface area contributed by atoms with E-state index in [1.54, 1.807) is 0 Å². The van der Waals surface area contributed by atoms with E-state index in [0.29, 0.717) is 18.2 Å². The second-order valence-electron chi connectivity index (χ2n) is 5.09. The highest BCUT2D eigenvalue weighted by Crippen LogP contribution is 2.34. The van der Waals surface area contributed by atoms with Crippen LogP contribution in [-0.2, 0) is 11.3 Å². The smallest absolute Gasteiger partial charge is 0.251 e. The van der Waals surface area contributed by atoms with E-state index in [4.69, 9.17) is 10.5 Å². The van der Waals surface area contributed by atoms with Crippen LogP contribution in [0.15, 0.2) is 24.3 Å². The Hall–Kier alpha value is -1.39. The van der Waals surface area contributed by atoms with Crippen LogP contribution in [0.5, 0.6) is 0 Å². The van der Waals surface area contributed by atoms with Crippen molar-refractivity contribution in [2.45, 2.75) is 44.1 Å². The van der Waals surface area contributed by atoms with Gasteiger partial charge in [0.05, 0.1) is 18.2 Å². The molecule has 4 heteroatoms. The molecule has 2 heterocycles. The van der Waals surface area contributed by atoms with E-state index in [1.165, 1.54) is 0 Å². The molecule has 1 aromatic rings. The van der Waals surface area contributed by atoms with Gasteiger partial charge in [-0.05, 0) is 37.0 Å². The molecule has 2 saturated heterocycles. The lowest BCUT2D eigenvalue weighted by Gasteiger charge is -2.20. The van der Waals surface area contributed by atoms with Gasteiger partial charge in [-0.25, -0.2) is 0 Å². The van der Waals surface area contributed by atoms with Gasteiger partial charge < -0.3 is 15.8 Å². The van der Waals surface area contributed by atoms with Gasteiger partial charge in [-0.2, -0.15) is 0 Å². The molecular formula is C14H18N2O2. The molecule has 3 rings (SSSR count). The Labute approximate surface area is 107 Å². The predicted molar refractivity (Wildman–Crippen MR) is 68.1 cm³/mol. The van der Waals surface area contributed by atoms with Crippen LogP contribution in [0.25, 0.3) is 0 Å². The van der Waals surface area contributed by atoms with Crippen molar-refractivity contribution < 1.29 is 9.53 Å². The highest BCUT2D eigenvalue weighted by Gasteiger charge is 2.41. The van der Waals surface area contributed by atoms with Gasteiger partial charge in [0.25, 0.3) is 5.91 Å². The molecule has 0 saturated carbocycles. The Morgan fingerprint density at radius 1 is 1.33 bits per heavy atom. The van der Waals surface area contributed by atoms with Crippen LogP contribution < -0.4 is 11.1 Å². The summed E-state index contributed by atoms with van der Waals surface area (Å²) in [6, 6.07) is 7.63. The fraction of sp³-hybridized carbons (Fsp3) is 0.500. The lowest BCUT2D eigenvalue weighted by molar-refractivity contribution is 0.0841. The van der Waals surface area contributed by atoms with Crippen molar-refractivity contribution in [2.24, 2.45) is 5.73 Å². The minimum absolute atomic E-state index is 0.0141. The first-order chi connectivity index (χ1) is 8.76. The van der Waals surface area contributed by atoms with E-state index in [2.05, 4.69) is 5.32 Å². The van der Waals surface area contributed by atoms with Crippen molar-refractivity contribution in [3.63, 3.8) is 0 Å². The van der Waals surface area contributed by atoms with E-state index in [-0.39, 0.29) is 18.1 Å². The van der Waals surface area contributed by atoms with E-state index in [0.717, 1.165) is 24.8 Å². The van der Waals surface area contributed by atoms with Crippen LogP contribution in [0, 0.1) is 0 Å². The molecule has 18 heavy (non-hydrogen) atoms. The molecule has 2 fully saturated rings. The third-order valence-electron chi connectivity index (χ3n) is 3.87. The molecule has 4 nitrogen and oxygen atoms in total. The molecule has 2 aliphatic rings. The predicted octanol–water partition coefficient (Wildman–Crippen LogP) is 1.19. The third-order valence-corrected chi connectivity index (χ3v) is 3.87. The summed E-state index contributed by atoms with van der Waals surface area (Å²) in [5, 5.41) is 3.07. The number of nitrogens with two attached hydrogens (primary N) is 1. The Morgan fingerprint density at radius 3 is 2.67 bits per heavy atom. The zero-order chi connectivity index (χ0) is 12.5. The molecule has 3 atom stereocenters. The maximum Gasteiger partial charge on any atom is 0.251 e. The standard InChI is InChI=1S/C14H18N2O2/c15-8-9-1-3-10(4-2-9)14(17)16-12-7-11-5-6-13(12)18-11/h1-4,11-13H,5-8,15H2,(H,16,17). The molecule has 96 valence electrons. The monoisotopic (exact) mass is 246 g/mol. The highest BCUT2D eigenvalue weighted by molar-refractivity contribution is 5.94. The van der Waals surface area contributed by atoms with Gasteiger partial charge in [-0.1, -0.05) is 12.1 Å². The van der Waals surface area contributed by atoms with Gasteiger partial charge in [-0.15, -0.1) is 0 Å². The van der Waals surface area contributed by atoms with E-state index in [1.807, 2.05) is 24.3 Å².